The van der Waals surface area contributed by atoms with Crippen LogP contribution in [0.3, 0.4) is 0 Å². The minimum atomic E-state index is -4.85. The van der Waals surface area contributed by atoms with Crippen LogP contribution in [0, 0.1) is 0 Å². The highest BCUT2D eigenvalue weighted by Gasteiger charge is 2.43. The number of likely N-dealkylation sites (tertiary alicyclic amines) is 1. The average Bonchev–Trinajstić information content (AvgIpc) is 2.46. The molecular formula is C14H14ClF3N2O2. The van der Waals surface area contributed by atoms with Gasteiger partial charge in [-0.3, -0.25) is 9.59 Å². The van der Waals surface area contributed by atoms with Gasteiger partial charge in [0.05, 0.1) is 10.6 Å². The summed E-state index contributed by atoms with van der Waals surface area (Å²) in [4.78, 5) is 23.9. The Kier molecular flexibility index (Phi) is 4.95. The molecule has 2 amide bonds. The summed E-state index contributed by atoms with van der Waals surface area (Å²) >= 11 is 5.91. The first kappa shape index (κ1) is 16.6. The van der Waals surface area contributed by atoms with Gasteiger partial charge in [0.25, 0.3) is 5.91 Å². The molecule has 1 aromatic carbocycles. The number of nitrogens with one attached hydrogen (secondary N) is 1. The molecule has 22 heavy (non-hydrogen) atoms. The third kappa shape index (κ3) is 3.91. The number of halogens is 4. The van der Waals surface area contributed by atoms with Crippen molar-refractivity contribution < 1.29 is 22.8 Å². The van der Waals surface area contributed by atoms with E-state index in [2.05, 4.69) is 5.32 Å². The van der Waals surface area contributed by atoms with Gasteiger partial charge in [-0.15, -0.1) is 0 Å². The van der Waals surface area contributed by atoms with E-state index in [0.717, 1.165) is 4.90 Å². The third-order valence-corrected chi connectivity index (χ3v) is 3.81. The Morgan fingerprint density at radius 3 is 2.32 bits per heavy atom. The Morgan fingerprint density at radius 2 is 1.77 bits per heavy atom. The molecule has 1 saturated heterocycles. The highest BCUT2D eigenvalue weighted by Crippen LogP contribution is 2.22. The van der Waals surface area contributed by atoms with Gasteiger partial charge in [0.2, 0.25) is 0 Å². The van der Waals surface area contributed by atoms with Gasteiger partial charge in [0.15, 0.2) is 0 Å². The van der Waals surface area contributed by atoms with E-state index < -0.39 is 12.1 Å². The standard InChI is InChI=1S/C14H14ClF3N2O2/c15-11-4-2-1-3-10(11)12(21)19-9-5-7-20(8-6-9)13(22)14(16,17)18/h1-4,9H,5-8H2,(H,19,21). The maximum Gasteiger partial charge on any atom is 0.471 e. The number of hydrogen-bond donors (Lipinski definition) is 1. The smallest absolute Gasteiger partial charge is 0.349 e. The summed E-state index contributed by atoms with van der Waals surface area (Å²) in [5, 5.41) is 3.04. The van der Waals surface area contributed by atoms with Crippen LogP contribution in [-0.2, 0) is 4.79 Å². The van der Waals surface area contributed by atoms with Crippen molar-refractivity contribution in [3.8, 4) is 0 Å². The second kappa shape index (κ2) is 6.56. The minimum absolute atomic E-state index is 0.0359. The van der Waals surface area contributed by atoms with E-state index in [1.54, 1.807) is 24.3 Å². The van der Waals surface area contributed by atoms with Crippen LogP contribution < -0.4 is 5.32 Å². The lowest BCUT2D eigenvalue weighted by Gasteiger charge is -2.32. The summed E-state index contributed by atoms with van der Waals surface area (Å²) < 4.78 is 37.0. The molecule has 0 atom stereocenters. The molecule has 0 radical (unpaired) electrons. The van der Waals surface area contributed by atoms with Crippen LogP contribution in [0.2, 0.25) is 5.02 Å². The summed E-state index contributed by atoms with van der Waals surface area (Å²) in [5.41, 5.74) is 0.318. The zero-order valence-corrected chi connectivity index (χ0v) is 12.2. The number of carbonyl (C=O) groups excluding carboxylic acids is 2. The third-order valence-electron chi connectivity index (χ3n) is 3.48. The predicted molar refractivity (Wildman–Crippen MR) is 74.6 cm³/mol. The van der Waals surface area contributed by atoms with Gasteiger partial charge in [-0.1, -0.05) is 23.7 Å². The fraction of sp³-hybridized carbons (Fsp3) is 0.429. The quantitative estimate of drug-likeness (QED) is 0.904. The Labute approximate surface area is 130 Å². The summed E-state index contributed by atoms with van der Waals surface area (Å²) in [5.74, 6) is -2.20. The molecule has 1 heterocycles. The number of carbonyl (C=O) groups is 2. The molecule has 1 aliphatic rings. The van der Waals surface area contributed by atoms with Gasteiger partial charge in [0.1, 0.15) is 0 Å². The van der Waals surface area contributed by atoms with E-state index in [-0.39, 0.29) is 37.9 Å². The van der Waals surface area contributed by atoms with E-state index in [4.69, 9.17) is 11.6 Å². The van der Waals surface area contributed by atoms with Gasteiger partial charge in [-0.05, 0) is 25.0 Å². The van der Waals surface area contributed by atoms with Gasteiger partial charge in [-0.25, -0.2) is 0 Å². The Morgan fingerprint density at radius 1 is 1.18 bits per heavy atom. The second-order valence-electron chi connectivity index (χ2n) is 5.02. The number of nitrogens with zero attached hydrogens (tertiary/aromatic N) is 1. The zero-order valence-electron chi connectivity index (χ0n) is 11.5. The van der Waals surface area contributed by atoms with E-state index >= 15 is 0 Å². The lowest BCUT2D eigenvalue weighted by molar-refractivity contribution is -0.186. The van der Waals surface area contributed by atoms with Crippen LogP contribution in [0.15, 0.2) is 24.3 Å². The van der Waals surface area contributed by atoms with E-state index in [9.17, 15) is 22.8 Å². The SMILES string of the molecule is O=C(NC1CCN(C(=O)C(F)(F)F)CC1)c1ccccc1Cl. The number of amides is 2. The summed E-state index contributed by atoms with van der Waals surface area (Å²) in [6.07, 6.45) is -4.30. The van der Waals surface area contributed by atoms with Crippen molar-refractivity contribution in [1.29, 1.82) is 0 Å². The summed E-state index contributed by atoms with van der Waals surface area (Å²) in [6, 6.07) is 6.24. The number of alkyl halides is 3. The lowest BCUT2D eigenvalue weighted by Crippen LogP contribution is -2.50. The molecule has 1 fully saturated rings. The molecule has 120 valence electrons. The number of benzene rings is 1. The molecule has 0 aliphatic carbocycles. The monoisotopic (exact) mass is 334 g/mol. The Hall–Kier alpha value is -1.76. The van der Waals surface area contributed by atoms with Crippen LogP contribution in [0.25, 0.3) is 0 Å². The van der Waals surface area contributed by atoms with Crippen LogP contribution in [0.1, 0.15) is 23.2 Å². The number of hydrogen-bond acceptors (Lipinski definition) is 2. The molecule has 1 N–H and O–H groups in total. The van der Waals surface area contributed by atoms with Crippen LogP contribution in [-0.4, -0.2) is 42.0 Å². The molecule has 2 rings (SSSR count). The van der Waals surface area contributed by atoms with Crippen molar-refractivity contribution in [3.63, 3.8) is 0 Å². The molecule has 1 aliphatic heterocycles. The molecule has 0 saturated carbocycles. The minimum Gasteiger partial charge on any atom is -0.349 e. The van der Waals surface area contributed by atoms with E-state index in [1.807, 2.05) is 0 Å². The fourth-order valence-electron chi connectivity index (χ4n) is 2.31. The molecule has 4 nitrogen and oxygen atoms in total. The molecule has 8 heteroatoms. The molecule has 0 spiro atoms. The summed E-state index contributed by atoms with van der Waals surface area (Å²) in [6.45, 7) is -0.0718. The molecule has 1 aromatic rings. The van der Waals surface area contributed by atoms with Crippen molar-refractivity contribution >= 4 is 23.4 Å². The van der Waals surface area contributed by atoms with Gasteiger partial charge in [0, 0.05) is 19.1 Å². The first-order valence-electron chi connectivity index (χ1n) is 6.70. The number of rotatable bonds is 2. The topological polar surface area (TPSA) is 49.4 Å². The largest absolute Gasteiger partial charge is 0.471 e. The van der Waals surface area contributed by atoms with Gasteiger partial charge < -0.3 is 10.2 Å². The molecule has 0 aromatic heterocycles. The van der Waals surface area contributed by atoms with Crippen molar-refractivity contribution in [1.82, 2.24) is 10.2 Å². The maximum absolute atomic E-state index is 12.3. The normalized spacial score (nSPS) is 16.5. The Balaban J connectivity index is 1.89. The second-order valence-corrected chi connectivity index (χ2v) is 5.42. The van der Waals surface area contributed by atoms with Crippen molar-refractivity contribution in [3.05, 3.63) is 34.9 Å². The highest BCUT2D eigenvalue weighted by molar-refractivity contribution is 6.33. The maximum atomic E-state index is 12.3. The zero-order chi connectivity index (χ0) is 16.3. The van der Waals surface area contributed by atoms with Crippen molar-refractivity contribution in [2.45, 2.75) is 25.1 Å². The van der Waals surface area contributed by atoms with Crippen LogP contribution in [0.4, 0.5) is 13.2 Å². The Bertz CT molecular complexity index is 569. The van der Waals surface area contributed by atoms with E-state index in [0.29, 0.717) is 10.6 Å². The predicted octanol–water partition coefficient (Wildman–Crippen LogP) is 2.62. The molecule has 0 bridgehead atoms. The summed E-state index contributed by atoms with van der Waals surface area (Å²) in [7, 11) is 0. The van der Waals surface area contributed by atoms with E-state index in [1.165, 1.54) is 0 Å². The average molecular weight is 335 g/mol. The lowest BCUT2D eigenvalue weighted by atomic mass is 10.0. The number of piperidine rings is 1. The van der Waals surface area contributed by atoms with Crippen LogP contribution in [0.5, 0.6) is 0 Å². The van der Waals surface area contributed by atoms with Gasteiger partial charge >= 0.3 is 12.1 Å². The highest BCUT2D eigenvalue weighted by atomic mass is 35.5. The van der Waals surface area contributed by atoms with Crippen LogP contribution >= 0.6 is 11.6 Å². The first-order valence-corrected chi connectivity index (χ1v) is 7.08. The first-order chi connectivity index (χ1) is 10.3. The van der Waals surface area contributed by atoms with Crippen molar-refractivity contribution in [2.75, 3.05) is 13.1 Å². The molecule has 0 unspecified atom stereocenters. The molecular weight excluding hydrogens is 321 g/mol. The fourth-order valence-corrected chi connectivity index (χ4v) is 2.54. The van der Waals surface area contributed by atoms with Crippen molar-refractivity contribution in [2.24, 2.45) is 0 Å². The van der Waals surface area contributed by atoms with Gasteiger partial charge in [-0.2, -0.15) is 13.2 Å².